The van der Waals surface area contributed by atoms with Crippen LogP contribution < -0.4 is 4.74 Å². The van der Waals surface area contributed by atoms with Gasteiger partial charge in [0.2, 0.25) is 0 Å². The first kappa shape index (κ1) is 14.3. The Bertz CT molecular complexity index is 571. The Balaban J connectivity index is 2.15. The van der Waals surface area contributed by atoms with Crippen molar-refractivity contribution in [2.75, 3.05) is 7.11 Å². The van der Waals surface area contributed by atoms with Gasteiger partial charge in [0, 0.05) is 20.9 Å². The average molecular weight is 384 g/mol. The van der Waals surface area contributed by atoms with E-state index < -0.39 is 0 Å². The van der Waals surface area contributed by atoms with E-state index in [4.69, 9.17) is 4.74 Å². The quantitative estimate of drug-likeness (QED) is 0.718. The van der Waals surface area contributed by atoms with Gasteiger partial charge in [-0.25, -0.2) is 0 Å². The second-order valence-corrected chi connectivity index (χ2v) is 5.94. The van der Waals surface area contributed by atoms with Crippen molar-refractivity contribution in [3.8, 4) is 5.75 Å². The molecule has 0 heterocycles. The second-order valence-electron chi connectivity index (χ2n) is 4.11. The summed E-state index contributed by atoms with van der Waals surface area (Å²) in [5.41, 5.74) is 1.67. The number of ketones is 1. The number of carbonyl (C=O) groups is 1. The van der Waals surface area contributed by atoms with Crippen LogP contribution in [0.4, 0.5) is 0 Å². The Hall–Kier alpha value is -1.13. The highest BCUT2D eigenvalue weighted by Gasteiger charge is 2.09. The predicted molar refractivity (Wildman–Crippen MR) is 82.9 cm³/mol. The van der Waals surface area contributed by atoms with Crippen LogP contribution in [-0.4, -0.2) is 12.9 Å². The lowest BCUT2D eigenvalue weighted by atomic mass is 10.0. The maximum Gasteiger partial charge on any atom is 0.167 e. The molecule has 0 amide bonds. The first-order chi connectivity index (χ1) is 9.08. The fourth-order valence-corrected chi connectivity index (χ4v) is 3.04. The predicted octanol–water partition coefficient (Wildman–Crippen LogP) is 4.65. The molecule has 0 N–H and O–H groups in total. The fourth-order valence-electron chi connectivity index (χ4n) is 1.75. The molecule has 4 heteroatoms. The van der Waals surface area contributed by atoms with Crippen molar-refractivity contribution in [1.82, 2.24) is 0 Å². The van der Waals surface area contributed by atoms with Gasteiger partial charge < -0.3 is 4.74 Å². The molecular formula is C15H12Br2O2. The van der Waals surface area contributed by atoms with Crippen LogP contribution in [0.5, 0.6) is 5.75 Å². The minimum absolute atomic E-state index is 0.0900. The van der Waals surface area contributed by atoms with E-state index in [9.17, 15) is 4.79 Å². The third kappa shape index (κ3) is 3.91. The summed E-state index contributed by atoms with van der Waals surface area (Å²) in [4.78, 5) is 12.2. The van der Waals surface area contributed by atoms with Crippen molar-refractivity contribution in [1.29, 1.82) is 0 Å². The largest absolute Gasteiger partial charge is 0.497 e. The Morgan fingerprint density at radius 2 is 1.63 bits per heavy atom. The molecule has 98 valence electrons. The number of methoxy groups -OCH3 is 1. The van der Waals surface area contributed by atoms with E-state index in [1.54, 1.807) is 7.11 Å². The van der Waals surface area contributed by atoms with Crippen LogP contribution in [0.3, 0.4) is 0 Å². The van der Waals surface area contributed by atoms with Crippen LogP contribution in [0.2, 0.25) is 0 Å². The summed E-state index contributed by atoms with van der Waals surface area (Å²) in [6, 6.07) is 13.1. The maximum absolute atomic E-state index is 12.2. The molecule has 0 bridgehead atoms. The first-order valence-corrected chi connectivity index (χ1v) is 7.29. The summed E-state index contributed by atoms with van der Waals surface area (Å²) in [7, 11) is 1.62. The summed E-state index contributed by atoms with van der Waals surface area (Å²) in [5, 5.41) is 0. The van der Waals surface area contributed by atoms with Crippen molar-refractivity contribution in [2.45, 2.75) is 6.42 Å². The lowest BCUT2D eigenvalue weighted by Gasteiger charge is -2.05. The number of benzene rings is 2. The van der Waals surface area contributed by atoms with Crippen LogP contribution in [0.1, 0.15) is 15.9 Å². The smallest absolute Gasteiger partial charge is 0.167 e. The molecule has 0 aliphatic carbocycles. The monoisotopic (exact) mass is 382 g/mol. The minimum Gasteiger partial charge on any atom is -0.497 e. The molecule has 0 saturated heterocycles. The van der Waals surface area contributed by atoms with E-state index in [-0.39, 0.29) is 5.78 Å². The van der Waals surface area contributed by atoms with Crippen molar-refractivity contribution in [3.05, 3.63) is 62.5 Å². The molecule has 0 atom stereocenters. The van der Waals surface area contributed by atoms with Gasteiger partial charge in [-0.15, -0.1) is 0 Å². The van der Waals surface area contributed by atoms with Gasteiger partial charge in [-0.3, -0.25) is 4.79 Å². The molecule has 0 aromatic heterocycles. The van der Waals surface area contributed by atoms with Crippen LogP contribution in [0.25, 0.3) is 0 Å². The van der Waals surface area contributed by atoms with Crippen LogP contribution in [0.15, 0.2) is 51.4 Å². The van der Waals surface area contributed by atoms with E-state index in [2.05, 4.69) is 31.9 Å². The number of hydrogen-bond acceptors (Lipinski definition) is 2. The lowest BCUT2D eigenvalue weighted by Crippen LogP contribution is -2.03. The third-order valence-electron chi connectivity index (χ3n) is 2.71. The van der Waals surface area contributed by atoms with Gasteiger partial charge in [-0.1, -0.05) is 44.0 Å². The molecule has 2 aromatic carbocycles. The topological polar surface area (TPSA) is 26.3 Å². The molecule has 0 aliphatic rings. The first-order valence-electron chi connectivity index (χ1n) is 5.70. The fraction of sp³-hybridized carbons (Fsp3) is 0.133. The Labute approximate surface area is 129 Å². The minimum atomic E-state index is 0.0900. The number of halogens is 2. The van der Waals surface area contributed by atoms with Crippen LogP contribution in [-0.2, 0) is 6.42 Å². The number of ether oxygens (including phenoxy) is 1. The zero-order valence-corrected chi connectivity index (χ0v) is 13.5. The van der Waals surface area contributed by atoms with Gasteiger partial charge in [0.05, 0.1) is 7.11 Å². The molecular weight excluding hydrogens is 372 g/mol. The molecule has 0 fully saturated rings. The second kappa shape index (κ2) is 6.35. The molecule has 0 spiro atoms. The Morgan fingerprint density at radius 3 is 2.16 bits per heavy atom. The summed E-state index contributed by atoms with van der Waals surface area (Å²) in [5.74, 6) is 0.883. The van der Waals surface area contributed by atoms with E-state index >= 15 is 0 Å². The molecule has 2 aromatic rings. The average Bonchev–Trinajstić information content (AvgIpc) is 2.38. The number of Topliss-reactive ketones (excluding diaryl/α,β-unsaturated/α-hetero) is 1. The molecule has 0 unspecified atom stereocenters. The molecule has 19 heavy (non-hydrogen) atoms. The molecule has 0 radical (unpaired) electrons. The normalized spacial score (nSPS) is 10.3. The summed E-state index contributed by atoms with van der Waals surface area (Å²) < 4.78 is 6.87. The molecule has 0 aliphatic heterocycles. The molecule has 2 nitrogen and oxygen atoms in total. The summed E-state index contributed by atoms with van der Waals surface area (Å²) >= 11 is 6.77. The SMILES string of the molecule is COc1ccc(CC(=O)c2cc(Br)cc(Br)c2)cc1. The van der Waals surface area contributed by atoms with Gasteiger partial charge in [0.1, 0.15) is 5.75 Å². The molecule has 0 saturated carbocycles. The maximum atomic E-state index is 12.2. The Morgan fingerprint density at radius 1 is 1.05 bits per heavy atom. The van der Waals surface area contributed by atoms with Crippen molar-refractivity contribution in [3.63, 3.8) is 0 Å². The highest BCUT2D eigenvalue weighted by molar-refractivity contribution is 9.11. The lowest BCUT2D eigenvalue weighted by molar-refractivity contribution is 0.0993. The van der Waals surface area contributed by atoms with E-state index in [1.807, 2.05) is 42.5 Å². The van der Waals surface area contributed by atoms with Gasteiger partial charge in [0.15, 0.2) is 5.78 Å². The zero-order valence-electron chi connectivity index (χ0n) is 10.3. The number of rotatable bonds is 4. The highest BCUT2D eigenvalue weighted by atomic mass is 79.9. The van der Waals surface area contributed by atoms with Gasteiger partial charge in [-0.2, -0.15) is 0 Å². The van der Waals surface area contributed by atoms with Crippen molar-refractivity contribution >= 4 is 37.6 Å². The van der Waals surface area contributed by atoms with Crippen LogP contribution in [0, 0.1) is 0 Å². The van der Waals surface area contributed by atoms with Crippen LogP contribution >= 0.6 is 31.9 Å². The zero-order chi connectivity index (χ0) is 13.8. The Kier molecular flexibility index (Phi) is 4.77. The number of hydrogen-bond donors (Lipinski definition) is 0. The summed E-state index contributed by atoms with van der Waals surface area (Å²) in [6.45, 7) is 0. The van der Waals surface area contributed by atoms with E-state index in [1.165, 1.54) is 0 Å². The van der Waals surface area contributed by atoms with Crippen molar-refractivity contribution in [2.24, 2.45) is 0 Å². The van der Waals surface area contributed by atoms with Gasteiger partial charge in [-0.05, 0) is 35.9 Å². The molecule has 2 rings (SSSR count). The highest BCUT2D eigenvalue weighted by Crippen LogP contribution is 2.21. The standard InChI is InChI=1S/C15H12Br2O2/c1-19-14-4-2-10(3-5-14)6-15(18)11-7-12(16)9-13(17)8-11/h2-5,7-9H,6H2,1H3. The van der Waals surface area contributed by atoms with Crippen molar-refractivity contribution < 1.29 is 9.53 Å². The number of carbonyl (C=O) groups excluding carboxylic acids is 1. The van der Waals surface area contributed by atoms with Gasteiger partial charge in [0.25, 0.3) is 0 Å². The van der Waals surface area contributed by atoms with E-state index in [0.717, 1.165) is 20.3 Å². The summed E-state index contributed by atoms with van der Waals surface area (Å²) in [6.07, 6.45) is 0.382. The van der Waals surface area contributed by atoms with Gasteiger partial charge >= 0.3 is 0 Å². The third-order valence-corrected chi connectivity index (χ3v) is 3.62. The van der Waals surface area contributed by atoms with E-state index in [0.29, 0.717) is 12.0 Å².